The van der Waals surface area contributed by atoms with E-state index in [1.54, 1.807) is 19.9 Å². The average molecular weight is 471 g/mol. The van der Waals surface area contributed by atoms with Crippen LogP contribution < -0.4 is 4.72 Å². The van der Waals surface area contributed by atoms with Crippen LogP contribution in [0.15, 0.2) is 35.2 Å². The number of hydrogen-bond donors (Lipinski definition) is 1. The van der Waals surface area contributed by atoms with Crippen molar-refractivity contribution >= 4 is 10.0 Å². The maximum atomic E-state index is 13.0. The van der Waals surface area contributed by atoms with E-state index in [9.17, 15) is 8.42 Å². The molecule has 9 nitrogen and oxygen atoms in total. The number of benzene rings is 1. The zero-order valence-electron chi connectivity index (χ0n) is 19.5. The summed E-state index contributed by atoms with van der Waals surface area (Å²) in [5.41, 5.74) is 5.07. The van der Waals surface area contributed by atoms with Crippen molar-refractivity contribution in [3.8, 4) is 17.1 Å². The van der Waals surface area contributed by atoms with Crippen LogP contribution in [0, 0.1) is 27.7 Å². The standard InChI is InChI=1S/C23H30N6O3S/c1-16-5-6-20(15-17(16)2)21-7-8-22(26-25-21)29-19(4)23(18(3)27-29)33(30,31)24-9-10-28-11-13-32-14-12-28/h5-8,15,24H,9-14H2,1-4H3. The molecule has 1 saturated heterocycles. The lowest BCUT2D eigenvalue weighted by Gasteiger charge is -2.26. The molecule has 0 bridgehead atoms. The Morgan fingerprint density at radius 1 is 1.00 bits per heavy atom. The maximum Gasteiger partial charge on any atom is 0.244 e. The molecule has 0 spiro atoms. The van der Waals surface area contributed by atoms with Gasteiger partial charge in [-0.1, -0.05) is 12.1 Å². The zero-order chi connectivity index (χ0) is 23.6. The van der Waals surface area contributed by atoms with Crippen LogP contribution in [0.4, 0.5) is 0 Å². The Morgan fingerprint density at radius 3 is 2.42 bits per heavy atom. The van der Waals surface area contributed by atoms with Crippen LogP contribution in [0.1, 0.15) is 22.5 Å². The summed E-state index contributed by atoms with van der Waals surface area (Å²) >= 11 is 0. The molecule has 4 rings (SSSR count). The number of aryl methyl sites for hydroxylation is 3. The van der Waals surface area contributed by atoms with Crippen molar-refractivity contribution in [3.05, 3.63) is 52.8 Å². The van der Waals surface area contributed by atoms with Crippen LogP contribution in [0.2, 0.25) is 0 Å². The Kier molecular flexibility index (Phi) is 6.89. The summed E-state index contributed by atoms with van der Waals surface area (Å²) < 4.78 is 35.6. The molecule has 0 aliphatic carbocycles. The predicted octanol–water partition coefficient (Wildman–Crippen LogP) is 2.17. The number of sulfonamides is 1. The molecular formula is C23H30N6O3S. The summed E-state index contributed by atoms with van der Waals surface area (Å²) in [7, 11) is -3.71. The van der Waals surface area contributed by atoms with E-state index in [2.05, 4.69) is 50.9 Å². The third-order valence-corrected chi connectivity index (χ3v) is 7.70. The normalized spacial score (nSPS) is 15.2. The minimum absolute atomic E-state index is 0.185. The van der Waals surface area contributed by atoms with Crippen LogP contribution in [0.25, 0.3) is 17.1 Å². The fourth-order valence-corrected chi connectivity index (χ4v) is 5.38. The minimum Gasteiger partial charge on any atom is -0.379 e. The Labute approximate surface area is 194 Å². The van der Waals surface area contributed by atoms with E-state index in [0.29, 0.717) is 43.5 Å². The highest BCUT2D eigenvalue weighted by Crippen LogP contribution is 2.23. The Hall–Kier alpha value is -2.66. The van der Waals surface area contributed by atoms with Crippen LogP contribution in [0.5, 0.6) is 0 Å². The van der Waals surface area contributed by atoms with E-state index >= 15 is 0 Å². The number of aromatic nitrogens is 4. The second kappa shape index (κ2) is 9.68. The van der Waals surface area contributed by atoms with Crippen LogP contribution >= 0.6 is 0 Å². The van der Waals surface area contributed by atoms with Gasteiger partial charge in [0.15, 0.2) is 5.82 Å². The Morgan fingerprint density at radius 2 is 1.76 bits per heavy atom. The van der Waals surface area contributed by atoms with Crippen molar-refractivity contribution < 1.29 is 13.2 Å². The molecule has 3 aromatic rings. The van der Waals surface area contributed by atoms with Crippen LogP contribution in [0.3, 0.4) is 0 Å². The number of ether oxygens (including phenoxy) is 1. The first kappa shape index (κ1) is 23.5. The molecule has 10 heteroatoms. The van der Waals surface area contributed by atoms with Crippen molar-refractivity contribution in [2.45, 2.75) is 32.6 Å². The first-order valence-electron chi connectivity index (χ1n) is 11.0. The van der Waals surface area contributed by atoms with Gasteiger partial charge in [-0.2, -0.15) is 5.10 Å². The number of nitrogens with one attached hydrogen (secondary N) is 1. The van der Waals surface area contributed by atoms with E-state index < -0.39 is 10.0 Å². The fourth-order valence-electron chi connectivity index (χ4n) is 3.97. The van der Waals surface area contributed by atoms with Gasteiger partial charge in [0.25, 0.3) is 0 Å². The molecule has 0 radical (unpaired) electrons. The van der Waals surface area contributed by atoms with E-state index in [-0.39, 0.29) is 4.90 Å². The highest BCUT2D eigenvalue weighted by Gasteiger charge is 2.25. The van der Waals surface area contributed by atoms with Crippen molar-refractivity contribution in [2.24, 2.45) is 0 Å². The lowest BCUT2D eigenvalue weighted by Crippen LogP contribution is -2.41. The highest BCUT2D eigenvalue weighted by atomic mass is 32.2. The van der Waals surface area contributed by atoms with E-state index in [1.807, 2.05) is 12.1 Å². The first-order valence-corrected chi connectivity index (χ1v) is 12.5. The molecule has 1 fully saturated rings. The molecule has 3 heterocycles. The summed E-state index contributed by atoms with van der Waals surface area (Å²) in [4.78, 5) is 2.37. The molecule has 1 N–H and O–H groups in total. The third-order valence-electron chi connectivity index (χ3n) is 5.99. The number of hydrogen-bond acceptors (Lipinski definition) is 7. The van der Waals surface area contributed by atoms with Crippen LogP contribution in [-0.4, -0.2) is 72.7 Å². The molecule has 0 atom stereocenters. The van der Waals surface area contributed by atoms with Gasteiger partial charge in [-0.25, -0.2) is 17.8 Å². The van der Waals surface area contributed by atoms with Crippen molar-refractivity contribution in [1.82, 2.24) is 29.6 Å². The third kappa shape index (κ3) is 5.14. The predicted molar refractivity (Wildman–Crippen MR) is 126 cm³/mol. The van der Waals surface area contributed by atoms with Gasteiger partial charge in [0.2, 0.25) is 10.0 Å². The van der Waals surface area contributed by atoms with Gasteiger partial charge in [-0.3, -0.25) is 4.90 Å². The monoisotopic (exact) mass is 470 g/mol. The molecular weight excluding hydrogens is 440 g/mol. The van der Waals surface area contributed by atoms with Crippen molar-refractivity contribution in [3.63, 3.8) is 0 Å². The second-order valence-corrected chi connectivity index (χ2v) is 10.0. The van der Waals surface area contributed by atoms with Crippen LogP contribution in [-0.2, 0) is 14.8 Å². The summed E-state index contributed by atoms with van der Waals surface area (Å²) in [6.07, 6.45) is 0. The SMILES string of the molecule is Cc1ccc(-c2ccc(-n3nc(C)c(S(=O)(=O)NCCN4CCOCC4)c3C)nn2)cc1C. The summed E-state index contributed by atoms with van der Waals surface area (Å²) in [5, 5.41) is 13.1. The molecule has 0 amide bonds. The lowest BCUT2D eigenvalue weighted by atomic mass is 10.0. The molecule has 1 aromatic carbocycles. The van der Waals surface area contributed by atoms with Gasteiger partial charge in [-0.05, 0) is 57.0 Å². The quantitative estimate of drug-likeness (QED) is 0.565. The van der Waals surface area contributed by atoms with Crippen molar-refractivity contribution in [1.29, 1.82) is 0 Å². The van der Waals surface area contributed by atoms with Gasteiger partial charge in [0.05, 0.1) is 30.3 Å². The number of nitrogens with zero attached hydrogens (tertiary/aromatic N) is 5. The smallest absolute Gasteiger partial charge is 0.244 e. The number of morpholine rings is 1. The lowest BCUT2D eigenvalue weighted by molar-refractivity contribution is 0.0390. The summed E-state index contributed by atoms with van der Waals surface area (Å²) in [6.45, 7) is 11.5. The van der Waals surface area contributed by atoms with Gasteiger partial charge in [-0.15, -0.1) is 10.2 Å². The molecule has 0 saturated carbocycles. The summed E-state index contributed by atoms with van der Waals surface area (Å²) in [6, 6.07) is 9.83. The summed E-state index contributed by atoms with van der Waals surface area (Å²) in [5.74, 6) is 0.470. The molecule has 1 aliphatic heterocycles. The van der Waals surface area contributed by atoms with Crippen molar-refractivity contribution in [2.75, 3.05) is 39.4 Å². The minimum atomic E-state index is -3.71. The molecule has 176 valence electrons. The molecule has 0 unspecified atom stereocenters. The van der Waals surface area contributed by atoms with Gasteiger partial charge < -0.3 is 4.74 Å². The van der Waals surface area contributed by atoms with E-state index in [4.69, 9.17) is 4.74 Å². The number of rotatable bonds is 7. The Balaban J connectivity index is 1.52. The fraction of sp³-hybridized carbons (Fsp3) is 0.435. The van der Waals surface area contributed by atoms with E-state index in [1.165, 1.54) is 15.8 Å². The second-order valence-electron chi connectivity index (χ2n) is 8.34. The van der Waals surface area contributed by atoms with Gasteiger partial charge >= 0.3 is 0 Å². The largest absolute Gasteiger partial charge is 0.379 e. The molecule has 2 aromatic heterocycles. The Bertz CT molecular complexity index is 1230. The molecule has 33 heavy (non-hydrogen) atoms. The topological polar surface area (TPSA) is 102 Å². The maximum absolute atomic E-state index is 13.0. The zero-order valence-corrected chi connectivity index (χ0v) is 20.3. The highest BCUT2D eigenvalue weighted by molar-refractivity contribution is 7.89. The molecule has 1 aliphatic rings. The van der Waals surface area contributed by atoms with E-state index in [0.717, 1.165) is 24.3 Å². The average Bonchev–Trinajstić information content (AvgIpc) is 3.11. The van der Waals surface area contributed by atoms with Gasteiger partial charge in [0.1, 0.15) is 4.90 Å². The first-order chi connectivity index (χ1) is 15.8. The van der Waals surface area contributed by atoms with Gasteiger partial charge in [0, 0.05) is 31.7 Å².